The largest absolute Gasteiger partial charge is 0.477 e. The summed E-state index contributed by atoms with van der Waals surface area (Å²) in [6, 6.07) is 8.38. The molecule has 0 spiro atoms. The van der Waals surface area contributed by atoms with Crippen LogP contribution in [0.1, 0.15) is 41.4 Å². The van der Waals surface area contributed by atoms with Crippen LogP contribution in [0.2, 0.25) is 0 Å². The van der Waals surface area contributed by atoms with Crippen LogP contribution >= 0.6 is 0 Å². The van der Waals surface area contributed by atoms with Crippen molar-refractivity contribution in [3.05, 3.63) is 83.6 Å². The molecule has 2 aromatic carbocycles. The number of amides is 2. The maximum atomic E-state index is 15.4. The van der Waals surface area contributed by atoms with Gasteiger partial charge >= 0.3 is 5.97 Å². The Morgan fingerprint density at radius 2 is 1.78 bits per heavy atom. The molecule has 1 saturated heterocycles. The van der Waals surface area contributed by atoms with Gasteiger partial charge in [-0.3, -0.25) is 19.1 Å². The monoisotopic (exact) mass is 686 g/mol. The third-order valence-corrected chi connectivity index (χ3v) is 9.44. The Kier molecular flexibility index (Phi) is 9.59. The number of nitrogens with one attached hydrogen (secondary N) is 3. The van der Waals surface area contributed by atoms with Crippen molar-refractivity contribution < 1.29 is 32.8 Å². The number of carbonyl (C=O) groups is 3. The molecule has 50 heavy (non-hydrogen) atoms. The highest BCUT2D eigenvalue weighted by Gasteiger charge is 2.37. The Balaban J connectivity index is 1.15. The molecule has 0 radical (unpaired) electrons. The number of likely N-dealkylation sites (tertiary alicyclic amines) is 1. The van der Waals surface area contributed by atoms with Crippen LogP contribution in [-0.4, -0.2) is 84.7 Å². The van der Waals surface area contributed by atoms with Crippen LogP contribution < -0.4 is 16.4 Å². The van der Waals surface area contributed by atoms with E-state index in [1.54, 1.807) is 29.7 Å². The first-order valence-corrected chi connectivity index (χ1v) is 16.3. The maximum absolute atomic E-state index is 15.4. The first-order valence-electron chi connectivity index (χ1n) is 16.3. The molecule has 0 saturated carbocycles. The molecule has 1 aliphatic rings. The Bertz CT molecular complexity index is 2070. The van der Waals surface area contributed by atoms with Crippen molar-refractivity contribution in [1.29, 1.82) is 0 Å². The molecule has 3 aromatic heterocycles. The number of carboxylic acids is 1. The molecule has 0 atom stereocenters. The second-order valence-electron chi connectivity index (χ2n) is 12.8. The van der Waals surface area contributed by atoms with Crippen LogP contribution in [-0.2, 0) is 16.0 Å². The van der Waals surface area contributed by atoms with Crippen molar-refractivity contribution in [2.45, 2.75) is 33.1 Å². The fraction of sp³-hybridized carbons (Fsp3) is 0.314. The number of aromatic amines is 1. The minimum Gasteiger partial charge on any atom is -0.477 e. The summed E-state index contributed by atoms with van der Waals surface area (Å²) < 4.78 is 32.4. The van der Waals surface area contributed by atoms with Gasteiger partial charge in [0, 0.05) is 65.4 Å². The van der Waals surface area contributed by atoms with E-state index in [9.17, 15) is 19.5 Å². The topological polar surface area (TPSA) is 180 Å². The Labute approximate surface area is 286 Å². The summed E-state index contributed by atoms with van der Waals surface area (Å²) >= 11 is 0. The van der Waals surface area contributed by atoms with Gasteiger partial charge in [-0.15, -0.1) is 0 Å². The van der Waals surface area contributed by atoms with Gasteiger partial charge in [0.1, 0.15) is 0 Å². The second kappa shape index (κ2) is 14.0. The first kappa shape index (κ1) is 34.2. The van der Waals surface area contributed by atoms with Crippen molar-refractivity contribution >= 4 is 34.9 Å². The van der Waals surface area contributed by atoms with E-state index >= 15 is 8.78 Å². The third-order valence-electron chi connectivity index (χ3n) is 9.44. The number of hydrogen-bond donors (Lipinski definition) is 5. The van der Waals surface area contributed by atoms with E-state index in [4.69, 9.17) is 5.73 Å². The van der Waals surface area contributed by atoms with Crippen molar-refractivity contribution in [2.75, 3.05) is 38.0 Å². The molecule has 6 N–H and O–H groups in total. The number of carboxylic acid groups (broad SMARTS) is 1. The average molecular weight is 687 g/mol. The molecule has 15 heteroatoms. The number of imidazole rings is 1. The lowest BCUT2D eigenvalue weighted by Gasteiger charge is -2.41. The first-order chi connectivity index (χ1) is 24.0. The van der Waals surface area contributed by atoms with Gasteiger partial charge in [0.05, 0.1) is 31.2 Å². The van der Waals surface area contributed by atoms with Crippen LogP contribution in [0, 0.1) is 24.5 Å². The van der Waals surface area contributed by atoms with Gasteiger partial charge in [-0.25, -0.2) is 23.5 Å². The molecule has 1 aliphatic heterocycles. The molecular formula is C35H38F2N9O4+. The van der Waals surface area contributed by atoms with Crippen LogP contribution in [0.5, 0.6) is 0 Å². The van der Waals surface area contributed by atoms with E-state index in [-0.39, 0.29) is 40.5 Å². The maximum Gasteiger partial charge on any atom is 0.359 e. The highest BCUT2D eigenvalue weighted by Crippen LogP contribution is 2.34. The number of aromatic nitrogens is 5. The van der Waals surface area contributed by atoms with Gasteiger partial charge in [0.25, 0.3) is 11.8 Å². The lowest BCUT2D eigenvalue weighted by molar-refractivity contribution is -0.919. The normalized spacial score (nSPS) is 17.5. The summed E-state index contributed by atoms with van der Waals surface area (Å²) in [4.78, 5) is 45.2. The van der Waals surface area contributed by atoms with Gasteiger partial charge in [0.15, 0.2) is 36.2 Å². The van der Waals surface area contributed by atoms with Crippen LogP contribution in [0.4, 0.5) is 20.3 Å². The molecule has 13 nitrogen and oxygen atoms in total. The molecular weight excluding hydrogens is 648 g/mol. The number of fused-ring (bicyclic) bond motifs is 1. The predicted molar refractivity (Wildman–Crippen MR) is 181 cm³/mol. The summed E-state index contributed by atoms with van der Waals surface area (Å²) in [6.45, 7) is 4.93. The Hall–Kier alpha value is -5.70. The predicted octanol–water partition coefficient (Wildman–Crippen LogP) is 4.21. The van der Waals surface area contributed by atoms with Gasteiger partial charge in [-0.1, -0.05) is 13.0 Å². The number of primary amides is 1. The minimum absolute atomic E-state index is 0.0170. The zero-order valence-electron chi connectivity index (χ0n) is 27.7. The number of nitrogens with zero attached hydrogens (tertiary/aromatic N) is 5. The van der Waals surface area contributed by atoms with E-state index < -0.39 is 23.5 Å². The molecule has 0 bridgehead atoms. The summed E-state index contributed by atoms with van der Waals surface area (Å²) in [5.41, 5.74) is 9.37. The number of carbonyl (C=O) groups excluding carboxylic acids is 2. The number of quaternary nitrogens is 1. The molecule has 260 valence electrons. The van der Waals surface area contributed by atoms with E-state index in [2.05, 4.69) is 30.8 Å². The number of rotatable bonds is 12. The standard InChI is InChI=1S/C35H37F2N9O4/c1-3-22-14-23(4-5-24(22)35(50)41-15-21-8-12-46(13-9-21,18-29(38)47)19-30(48)49)43-33-34-40-17-28(45(34)11-10-39-33)26-7-6-25(31(36)32(26)37)27-16-42-44-20(27)2/h4-7,10-11,14,16-17,21H,3,8-9,12-13,15,18-19H2,1-2H3,(H5-,38,39,41,42,43,44,47,48,49,50)/p+1. The summed E-state index contributed by atoms with van der Waals surface area (Å²) in [6.07, 6.45) is 7.97. The highest BCUT2D eigenvalue weighted by atomic mass is 19.2. The van der Waals surface area contributed by atoms with Gasteiger partial charge in [-0.05, 0) is 49.1 Å². The number of hydrogen-bond acceptors (Lipinski definition) is 7. The quantitative estimate of drug-likeness (QED) is 0.121. The lowest BCUT2D eigenvalue weighted by atomic mass is 9.94. The number of benzene rings is 2. The van der Waals surface area contributed by atoms with E-state index in [0.717, 1.165) is 5.56 Å². The number of halogens is 2. The number of aliphatic carboxylic acids is 1. The minimum atomic E-state index is -1.00. The number of anilines is 2. The fourth-order valence-corrected chi connectivity index (χ4v) is 6.80. The van der Waals surface area contributed by atoms with Crippen molar-refractivity contribution in [3.8, 4) is 22.4 Å². The molecule has 5 aromatic rings. The summed E-state index contributed by atoms with van der Waals surface area (Å²) in [5.74, 6) is -3.18. The molecule has 0 aliphatic carbocycles. The number of H-pyrrole nitrogens is 1. The van der Waals surface area contributed by atoms with Gasteiger partial charge in [-0.2, -0.15) is 5.10 Å². The number of aryl methyl sites for hydroxylation is 2. The Morgan fingerprint density at radius 3 is 2.46 bits per heavy atom. The Morgan fingerprint density at radius 1 is 1.04 bits per heavy atom. The van der Waals surface area contributed by atoms with Crippen LogP contribution in [0.25, 0.3) is 28.0 Å². The van der Waals surface area contributed by atoms with E-state index in [0.29, 0.717) is 78.6 Å². The van der Waals surface area contributed by atoms with E-state index in [1.807, 2.05) is 13.0 Å². The molecule has 2 amide bonds. The SMILES string of the molecule is CCc1cc(Nc2nccn3c(-c4ccc(-c5cn[nH]c5C)c(F)c4F)cnc23)ccc1C(=O)NCC1CC[N+](CC(N)=O)(CC(=O)O)CC1. The fourth-order valence-electron chi connectivity index (χ4n) is 6.80. The van der Waals surface area contributed by atoms with E-state index in [1.165, 1.54) is 30.7 Å². The van der Waals surface area contributed by atoms with Crippen molar-refractivity contribution in [1.82, 2.24) is 29.9 Å². The zero-order chi connectivity index (χ0) is 35.6. The molecule has 0 unspecified atom stereocenters. The van der Waals surface area contributed by atoms with Crippen LogP contribution in [0.15, 0.2) is 55.1 Å². The van der Waals surface area contributed by atoms with Crippen LogP contribution in [0.3, 0.4) is 0 Å². The van der Waals surface area contributed by atoms with Crippen molar-refractivity contribution in [2.24, 2.45) is 11.7 Å². The van der Waals surface area contributed by atoms with Gasteiger partial charge in [0.2, 0.25) is 0 Å². The molecule has 6 rings (SSSR count). The average Bonchev–Trinajstić information content (AvgIpc) is 3.71. The number of piperidine rings is 1. The lowest BCUT2D eigenvalue weighted by Crippen LogP contribution is -2.59. The summed E-state index contributed by atoms with van der Waals surface area (Å²) in [5, 5.41) is 22.3. The highest BCUT2D eigenvalue weighted by molar-refractivity contribution is 5.96. The molecule has 1 fully saturated rings. The smallest absolute Gasteiger partial charge is 0.359 e. The molecule has 4 heterocycles. The van der Waals surface area contributed by atoms with Crippen molar-refractivity contribution in [3.63, 3.8) is 0 Å². The summed E-state index contributed by atoms with van der Waals surface area (Å²) in [7, 11) is 0. The third kappa shape index (κ3) is 6.89. The second-order valence-corrected chi connectivity index (χ2v) is 12.8. The zero-order valence-corrected chi connectivity index (χ0v) is 27.7. The number of nitrogens with two attached hydrogens (primary N) is 1. The van der Waals surface area contributed by atoms with Gasteiger partial charge < -0.3 is 26.0 Å².